The van der Waals surface area contributed by atoms with Crippen LogP contribution in [0.25, 0.3) is 0 Å². The van der Waals surface area contributed by atoms with Crippen LogP contribution in [0.5, 0.6) is 0 Å². The summed E-state index contributed by atoms with van der Waals surface area (Å²) in [6.45, 7) is 2.74. The molecule has 2 aliphatic rings. The molecule has 23 heavy (non-hydrogen) atoms. The highest BCUT2D eigenvalue weighted by Gasteiger charge is 2.41. The number of hydrogen-bond acceptors (Lipinski definition) is 5. The standard InChI is InChI=1S/C15H23N3O4S/c1-2-14-17-12(9-22-14)8-16-15(19)18-6-3-7-23(20,21)10-13(18)11-4-5-11/h9,11,13H,2-8,10H2,1H3,(H,16,19). The highest BCUT2D eigenvalue weighted by Crippen LogP contribution is 2.37. The molecule has 1 aromatic rings. The van der Waals surface area contributed by atoms with E-state index in [1.54, 1.807) is 11.2 Å². The number of carbonyl (C=O) groups excluding carboxylic acids is 1. The number of rotatable bonds is 4. The van der Waals surface area contributed by atoms with Crippen LogP contribution in [0.2, 0.25) is 0 Å². The van der Waals surface area contributed by atoms with Gasteiger partial charge in [-0.1, -0.05) is 6.92 Å². The highest BCUT2D eigenvalue weighted by atomic mass is 32.2. The van der Waals surface area contributed by atoms with Crippen LogP contribution in [0.1, 0.15) is 37.8 Å². The zero-order chi connectivity index (χ0) is 16.4. The van der Waals surface area contributed by atoms with Crippen molar-refractivity contribution in [3.63, 3.8) is 0 Å². The summed E-state index contributed by atoms with van der Waals surface area (Å²) < 4.78 is 29.3. The van der Waals surface area contributed by atoms with Gasteiger partial charge in [0.2, 0.25) is 0 Å². The van der Waals surface area contributed by atoms with Crippen molar-refractivity contribution in [2.24, 2.45) is 5.92 Å². The first kappa shape index (κ1) is 16.3. The number of amides is 2. The predicted octanol–water partition coefficient (Wildman–Crippen LogP) is 1.35. The third-order valence-corrected chi connectivity index (χ3v) is 6.19. The Morgan fingerprint density at radius 3 is 2.91 bits per heavy atom. The fourth-order valence-electron chi connectivity index (χ4n) is 3.04. The van der Waals surface area contributed by atoms with Crippen LogP contribution in [0.4, 0.5) is 4.79 Å². The van der Waals surface area contributed by atoms with Crippen LogP contribution in [0.3, 0.4) is 0 Å². The number of sulfone groups is 1. The van der Waals surface area contributed by atoms with Gasteiger partial charge in [0.25, 0.3) is 0 Å². The van der Waals surface area contributed by atoms with Crippen molar-refractivity contribution in [3.8, 4) is 0 Å². The van der Waals surface area contributed by atoms with Crippen molar-refractivity contribution in [1.82, 2.24) is 15.2 Å². The highest BCUT2D eigenvalue weighted by molar-refractivity contribution is 7.91. The molecule has 1 aliphatic carbocycles. The number of hydrogen-bond donors (Lipinski definition) is 1. The van der Waals surface area contributed by atoms with Gasteiger partial charge in [-0.05, 0) is 25.2 Å². The first-order valence-electron chi connectivity index (χ1n) is 8.16. The maximum absolute atomic E-state index is 12.5. The Balaban J connectivity index is 1.64. The van der Waals surface area contributed by atoms with E-state index < -0.39 is 9.84 Å². The minimum Gasteiger partial charge on any atom is -0.449 e. The van der Waals surface area contributed by atoms with Crippen molar-refractivity contribution in [3.05, 3.63) is 17.8 Å². The second kappa shape index (κ2) is 6.51. The number of carbonyl (C=O) groups is 1. The average Bonchev–Trinajstić information content (AvgIpc) is 3.27. The maximum Gasteiger partial charge on any atom is 0.318 e. The fraction of sp³-hybridized carbons (Fsp3) is 0.733. The molecular weight excluding hydrogens is 318 g/mol. The van der Waals surface area contributed by atoms with Crippen LogP contribution < -0.4 is 5.32 Å². The summed E-state index contributed by atoms with van der Waals surface area (Å²) in [5.41, 5.74) is 0.681. The Bertz CT molecular complexity index is 666. The van der Waals surface area contributed by atoms with E-state index in [1.165, 1.54) is 0 Å². The molecule has 2 heterocycles. The van der Waals surface area contributed by atoms with Crippen molar-refractivity contribution < 1.29 is 17.6 Å². The third kappa shape index (κ3) is 4.04. The van der Waals surface area contributed by atoms with E-state index in [4.69, 9.17) is 4.42 Å². The fourth-order valence-corrected chi connectivity index (χ4v) is 4.75. The molecule has 128 valence electrons. The Morgan fingerprint density at radius 1 is 1.48 bits per heavy atom. The molecule has 2 amide bonds. The lowest BCUT2D eigenvalue weighted by atomic mass is 10.2. The van der Waals surface area contributed by atoms with Gasteiger partial charge in [0.15, 0.2) is 15.7 Å². The molecule has 0 bridgehead atoms. The van der Waals surface area contributed by atoms with Gasteiger partial charge >= 0.3 is 6.03 Å². The quantitative estimate of drug-likeness (QED) is 0.892. The Morgan fingerprint density at radius 2 is 2.26 bits per heavy atom. The van der Waals surface area contributed by atoms with Gasteiger partial charge in [0.05, 0.1) is 29.8 Å². The van der Waals surface area contributed by atoms with Crippen LogP contribution >= 0.6 is 0 Å². The van der Waals surface area contributed by atoms with Crippen molar-refractivity contribution in [1.29, 1.82) is 0 Å². The van der Waals surface area contributed by atoms with Crippen molar-refractivity contribution in [2.45, 2.75) is 45.2 Å². The van der Waals surface area contributed by atoms with Gasteiger partial charge in [-0.3, -0.25) is 0 Å². The Labute approximate surface area is 136 Å². The normalized spacial score (nSPS) is 24.2. The van der Waals surface area contributed by atoms with E-state index in [2.05, 4.69) is 10.3 Å². The molecular formula is C15H23N3O4S. The number of nitrogens with one attached hydrogen (secondary N) is 1. The van der Waals surface area contributed by atoms with Crippen molar-refractivity contribution in [2.75, 3.05) is 18.1 Å². The average molecular weight is 341 g/mol. The van der Waals surface area contributed by atoms with E-state index in [-0.39, 0.29) is 23.6 Å². The zero-order valence-corrected chi connectivity index (χ0v) is 14.1. The third-order valence-electron chi connectivity index (χ3n) is 4.43. The molecule has 7 nitrogen and oxygen atoms in total. The summed E-state index contributed by atoms with van der Waals surface area (Å²) in [5.74, 6) is 1.23. The summed E-state index contributed by atoms with van der Waals surface area (Å²) in [5, 5.41) is 2.84. The van der Waals surface area contributed by atoms with E-state index in [1.807, 2.05) is 6.92 Å². The summed E-state index contributed by atoms with van der Waals surface area (Å²) in [6, 6.07) is -0.397. The van der Waals surface area contributed by atoms with Crippen LogP contribution in [-0.2, 0) is 22.8 Å². The molecule has 1 aromatic heterocycles. The van der Waals surface area contributed by atoms with Crippen LogP contribution in [0, 0.1) is 5.92 Å². The van der Waals surface area contributed by atoms with Gasteiger partial charge in [-0.25, -0.2) is 18.2 Å². The summed E-state index contributed by atoms with van der Waals surface area (Å²) in [6.07, 6.45) is 4.77. The number of nitrogens with zero attached hydrogens (tertiary/aromatic N) is 2. The van der Waals surface area contributed by atoms with Gasteiger partial charge in [-0.15, -0.1) is 0 Å². The van der Waals surface area contributed by atoms with Gasteiger partial charge in [-0.2, -0.15) is 0 Å². The lowest BCUT2D eigenvalue weighted by Crippen LogP contribution is -2.48. The molecule has 1 saturated carbocycles. The van der Waals surface area contributed by atoms with Gasteiger partial charge in [0.1, 0.15) is 6.26 Å². The van der Waals surface area contributed by atoms with E-state index in [0.29, 0.717) is 43.4 Å². The molecule has 0 radical (unpaired) electrons. The molecule has 0 aromatic carbocycles. The maximum atomic E-state index is 12.5. The van der Waals surface area contributed by atoms with Crippen LogP contribution in [0.15, 0.2) is 10.7 Å². The molecule has 1 saturated heterocycles. The summed E-state index contributed by atoms with van der Waals surface area (Å²) in [7, 11) is -3.06. The lowest BCUT2D eigenvalue weighted by molar-refractivity contribution is 0.173. The SMILES string of the molecule is CCc1nc(CNC(=O)N2CCCS(=O)(=O)CC2C2CC2)co1. The molecule has 3 rings (SSSR count). The van der Waals surface area contributed by atoms with E-state index in [0.717, 1.165) is 12.8 Å². The molecule has 1 aliphatic heterocycles. The topological polar surface area (TPSA) is 92.5 Å². The first-order valence-corrected chi connectivity index (χ1v) is 9.99. The number of oxazole rings is 1. The number of urea groups is 1. The molecule has 1 atom stereocenters. The smallest absolute Gasteiger partial charge is 0.318 e. The Hall–Kier alpha value is -1.57. The summed E-state index contributed by atoms with van der Waals surface area (Å²) in [4.78, 5) is 18.5. The molecule has 2 fully saturated rings. The van der Waals surface area contributed by atoms with Gasteiger partial charge in [0, 0.05) is 13.0 Å². The second-order valence-electron chi connectivity index (χ2n) is 6.31. The minimum atomic E-state index is -3.06. The molecule has 1 unspecified atom stereocenters. The van der Waals surface area contributed by atoms with E-state index >= 15 is 0 Å². The predicted molar refractivity (Wildman–Crippen MR) is 84.6 cm³/mol. The van der Waals surface area contributed by atoms with Crippen LogP contribution in [-0.4, -0.2) is 48.4 Å². The van der Waals surface area contributed by atoms with E-state index in [9.17, 15) is 13.2 Å². The largest absolute Gasteiger partial charge is 0.449 e. The van der Waals surface area contributed by atoms with Gasteiger partial charge < -0.3 is 14.6 Å². The Kier molecular flexibility index (Phi) is 4.61. The van der Waals surface area contributed by atoms with Crippen molar-refractivity contribution >= 4 is 15.9 Å². The first-order chi connectivity index (χ1) is 11.0. The minimum absolute atomic E-state index is 0.0923. The molecule has 1 N–H and O–H groups in total. The molecule has 0 spiro atoms. The second-order valence-corrected chi connectivity index (χ2v) is 8.54. The lowest BCUT2D eigenvalue weighted by Gasteiger charge is -2.29. The number of aromatic nitrogens is 1. The molecule has 8 heteroatoms. The number of aryl methyl sites for hydroxylation is 1. The summed E-state index contributed by atoms with van der Waals surface area (Å²) >= 11 is 0. The zero-order valence-electron chi connectivity index (χ0n) is 13.3. The monoisotopic (exact) mass is 341 g/mol.